The van der Waals surface area contributed by atoms with Crippen molar-refractivity contribution in [1.29, 1.82) is 0 Å². The van der Waals surface area contributed by atoms with Crippen LogP contribution in [-0.4, -0.2) is 34.4 Å². The molecule has 4 rings (SSSR count). The van der Waals surface area contributed by atoms with Crippen LogP contribution in [0.2, 0.25) is 0 Å². The molecule has 1 aliphatic rings. The molecule has 2 amide bonds. The molecule has 1 unspecified atom stereocenters. The third-order valence-electron chi connectivity index (χ3n) is 6.01. The summed E-state index contributed by atoms with van der Waals surface area (Å²) >= 11 is 0. The van der Waals surface area contributed by atoms with Gasteiger partial charge in [0, 0.05) is 19.2 Å². The minimum absolute atomic E-state index is 0.0527. The Morgan fingerprint density at radius 3 is 2.47 bits per heavy atom. The Kier molecular flexibility index (Phi) is 6.78. The van der Waals surface area contributed by atoms with Gasteiger partial charge in [-0.05, 0) is 49.2 Å². The number of fused-ring (bicyclic) bond motifs is 3. The van der Waals surface area contributed by atoms with Crippen LogP contribution in [0, 0.1) is 0 Å². The number of amides is 2. The van der Waals surface area contributed by atoms with E-state index < -0.39 is 0 Å². The van der Waals surface area contributed by atoms with Crippen molar-refractivity contribution in [1.82, 2.24) is 9.47 Å². The van der Waals surface area contributed by atoms with Gasteiger partial charge < -0.3 is 13.9 Å². The summed E-state index contributed by atoms with van der Waals surface area (Å²) in [6.45, 7) is 4.83. The van der Waals surface area contributed by atoms with Gasteiger partial charge in [-0.15, -0.1) is 0 Å². The maximum absolute atomic E-state index is 13.8. The molecule has 0 saturated carbocycles. The molecule has 0 bridgehead atoms. The van der Waals surface area contributed by atoms with Crippen LogP contribution in [0.3, 0.4) is 0 Å². The zero-order valence-electron chi connectivity index (χ0n) is 18.9. The molecule has 3 heterocycles. The van der Waals surface area contributed by atoms with E-state index in [9.17, 15) is 9.59 Å². The molecule has 6 heteroatoms. The number of hydrogen-bond acceptors (Lipinski definition) is 3. The van der Waals surface area contributed by atoms with E-state index in [1.165, 1.54) is 0 Å². The minimum Gasteiger partial charge on any atom is -0.467 e. The van der Waals surface area contributed by atoms with Crippen molar-refractivity contribution in [2.45, 2.75) is 52.0 Å². The number of anilines is 1. The van der Waals surface area contributed by atoms with Gasteiger partial charge in [0.1, 0.15) is 18.3 Å². The molecule has 6 nitrogen and oxygen atoms in total. The first kappa shape index (κ1) is 21.9. The van der Waals surface area contributed by atoms with Crippen LogP contribution in [-0.2, 0) is 9.59 Å². The van der Waals surface area contributed by atoms with Crippen molar-refractivity contribution < 1.29 is 14.0 Å². The quantitative estimate of drug-likeness (QED) is 0.459. The Morgan fingerprint density at radius 2 is 1.75 bits per heavy atom. The number of rotatable bonds is 9. The Morgan fingerprint density at radius 1 is 0.969 bits per heavy atom. The second kappa shape index (κ2) is 9.90. The molecule has 1 aromatic carbocycles. The van der Waals surface area contributed by atoms with Crippen LogP contribution >= 0.6 is 0 Å². The summed E-state index contributed by atoms with van der Waals surface area (Å²) in [7, 11) is 0. The second-order valence-electron chi connectivity index (χ2n) is 8.25. The van der Waals surface area contributed by atoms with Crippen LogP contribution in [0.25, 0.3) is 5.69 Å². The predicted molar refractivity (Wildman–Crippen MR) is 125 cm³/mol. The van der Waals surface area contributed by atoms with Crippen LogP contribution in [0.1, 0.15) is 63.4 Å². The number of hydrogen-bond donors (Lipinski definition) is 0. The van der Waals surface area contributed by atoms with E-state index in [0.717, 1.165) is 42.8 Å². The Balaban J connectivity index is 1.70. The van der Waals surface area contributed by atoms with Crippen molar-refractivity contribution >= 4 is 17.5 Å². The fraction of sp³-hybridized carbons (Fsp3) is 0.385. The van der Waals surface area contributed by atoms with E-state index in [-0.39, 0.29) is 24.4 Å². The van der Waals surface area contributed by atoms with Gasteiger partial charge in [0.2, 0.25) is 11.8 Å². The van der Waals surface area contributed by atoms with E-state index in [2.05, 4.69) is 18.4 Å². The maximum atomic E-state index is 13.8. The van der Waals surface area contributed by atoms with Gasteiger partial charge in [-0.1, -0.05) is 38.8 Å². The summed E-state index contributed by atoms with van der Waals surface area (Å²) in [6, 6.07) is 15.2. The summed E-state index contributed by atoms with van der Waals surface area (Å²) in [6.07, 6.45) is 7.77. The van der Waals surface area contributed by atoms with Gasteiger partial charge in [-0.25, -0.2) is 0 Å². The van der Waals surface area contributed by atoms with E-state index in [1.54, 1.807) is 16.1 Å². The summed E-state index contributed by atoms with van der Waals surface area (Å²) in [4.78, 5) is 30.2. The van der Waals surface area contributed by atoms with Gasteiger partial charge in [-0.3, -0.25) is 14.5 Å². The Bertz CT molecular complexity index is 1050. The third kappa shape index (κ3) is 4.22. The third-order valence-corrected chi connectivity index (χ3v) is 6.01. The monoisotopic (exact) mass is 433 g/mol. The molecular weight excluding hydrogens is 402 g/mol. The van der Waals surface area contributed by atoms with Crippen molar-refractivity contribution in [2.24, 2.45) is 0 Å². The molecule has 0 radical (unpaired) electrons. The number of unbranched alkanes of at least 4 members (excludes halogenated alkanes) is 2. The normalized spacial score (nSPS) is 14.7. The summed E-state index contributed by atoms with van der Waals surface area (Å²) in [5, 5.41) is 0. The smallest absolute Gasteiger partial charge is 0.247 e. The Labute approximate surface area is 189 Å². The van der Waals surface area contributed by atoms with Crippen molar-refractivity contribution in [3.63, 3.8) is 0 Å². The van der Waals surface area contributed by atoms with Crippen LogP contribution in [0.15, 0.2) is 65.4 Å². The molecule has 1 aliphatic heterocycles. The second-order valence-corrected chi connectivity index (χ2v) is 8.25. The van der Waals surface area contributed by atoms with Gasteiger partial charge in [-0.2, -0.15) is 0 Å². The number of para-hydroxylation sites is 2. The zero-order valence-corrected chi connectivity index (χ0v) is 18.9. The highest BCUT2D eigenvalue weighted by molar-refractivity contribution is 6.00. The molecule has 32 heavy (non-hydrogen) atoms. The fourth-order valence-corrected chi connectivity index (χ4v) is 4.34. The van der Waals surface area contributed by atoms with Crippen LogP contribution < -0.4 is 4.90 Å². The molecule has 0 fully saturated rings. The lowest BCUT2D eigenvalue weighted by Gasteiger charge is -2.38. The average molecular weight is 434 g/mol. The number of carbonyl (C=O) groups is 2. The average Bonchev–Trinajstić information content (AvgIpc) is 3.51. The number of nitrogens with zero attached hydrogens (tertiary/aromatic N) is 3. The lowest BCUT2D eigenvalue weighted by atomic mass is 10.0. The Hall–Kier alpha value is -3.28. The number of furan rings is 1. The van der Waals surface area contributed by atoms with Crippen LogP contribution in [0.4, 0.5) is 5.69 Å². The van der Waals surface area contributed by atoms with Crippen LogP contribution in [0.5, 0.6) is 0 Å². The standard InChI is InChI=1S/C26H31N3O3/c1-3-5-15-24(30)27(16-6-4-2)19-25(31)29-21-12-8-7-11-20(21)28-17-9-13-22(28)26(29)23-14-10-18-32-23/h7-14,17-18,26H,3-6,15-16,19H2,1-2H3. The van der Waals surface area contributed by atoms with Crippen molar-refractivity contribution in [3.8, 4) is 5.69 Å². The summed E-state index contributed by atoms with van der Waals surface area (Å²) < 4.78 is 7.88. The molecule has 0 N–H and O–H groups in total. The highest BCUT2D eigenvalue weighted by Gasteiger charge is 2.38. The largest absolute Gasteiger partial charge is 0.467 e. The van der Waals surface area contributed by atoms with Crippen molar-refractivity contribution in [3.05, 3.63) is 72.4 Å². The predicted octanol–water partition coefficient (Wildman–Crippen LogP) is 5.33. The summed E-state index contributed by atoms with van der Waals surface area (Å²) in [5.41, 5.74) is 2.73. The highest BCUT2D eigenvalue weighted by atomic mass is 16.3. The topological polar surface area (TPSA) is 58.7 Å². The van der Waals surface area contributed by atoms with E-state index in [0.29, 0.717) is 18.7 Å². The number of carbonyl (C=O) groups excluding carboxylic acids is 2. The molecule has 1 atom stereocenters. The highest BCUT2D eigenvalue weighted by Crippen LogP contribution is 2.42. The first-order chi connectivity index (χ1) is 15.7. The SMILES string of the molecule is CCCCC(=O)N(CCCC)CC(=O)N1c2ccccc2-n2cccc2C1c1ccco1. The zero-order chi connectivity index (χ0) is 22.5. The molecule has 3 aromatic rings. The molecule has 2 aromatic heterocycles. The molecule has 0 aliphatic carbocycles. The van der Waals surface area contributed by atoms with E-state index in [4.69, 9.17) is 4.42 Å². The molecule has 0 spiro atoms. The first-order valence-electron chi connectivity index (χ1n) is 11.6. The van der Waals surface area contributed by atoms with E-state index >= 15 is 0 Å². The first-order valence-corrected chi connectivity index (χ1v) is 11.6. The lowest BCUT2D eigenvalue weighted by Crippen LogP contribution is -2.47. The van der Waals surface area contributed by atoms with Gasteiger partial charge >= 0.3 is 0 Å². The molecule has 168 valence electrons. The fourth-order valence-electron chi connectivity index (χ4n) is 4.34. The molecular formula is C26H31N3O3. The van der Waals surface area contributed by atoms with Gasteiger partial charge in [0.25, 0.3) is 0 Å². The molecule has 0 saturated heterocycles. The summed E-state index contributed by atoms with van der Waals surface area (Å²) in [5.74, 6) is 0.648. The number of aromatic nitrogens is 1. The lowest BCUT2D eigenvalue weighted by molar-refractivity contribution is -0.135. The van der Waals surface area contributed by atoms with E-state index in [1.807, 2.05) is 54.7 Å². The van der Waals surface area contributed by atoms with Gasteiger partial charge in [0.05, 0.1) is 23.3 Å². The minimum atomic E-state index is -0.388. The maximum Gasteiger partial charge on any atom is 0.247 e. The van der Waals surface area contributed by atoms with Crippen molar-refractivity contribution in [2.75, 3.05) is 18.0 Å². The number of benzene rings is 1. The van der Waals surface area contributed by atoms with Gasteiger partial charge in [0.15, 0.2) is 0 Å².